The smallest absolute Gasteiger partial charge is 0.279 e. The monoisotopic (exact) mass is 271 g/mol. The summed E-state index contributed by atoms with van der Waals surface area (Å²) in [5, 5.41) is -0.155. The molecule has 1 aromatic heterocycles. The fourth-order valence-electron chi connectivity index (χ4n) is 0.815. The molecule has 0 amide bonds. The van der Waals surface area contributed by atoms with Crippen LogP contribution in [0.5, 0.6) is 0 Å². The van der Waals surface area contributed by atoms with E-state index >= 15 is 0 Å². The Balaban J connectivity index is 3.32. The Morgan fingerprint density at radius 3 is 2.69 bits per heavy atom. The predicted molar refractivity (Wildman–Crippen MR) is 49.7 cm³/mol. The van der Waals surface area contributed by atoms with Gasteiger partial charge in [-0.3, -0.25) is 4.79 Å². The third-order valence-corrected chi connectivity index (χ3v) is 2.47. The van der Waals surface area contributed by atoms with Crippen LogP contribution in [-0.4, -0.2) is 4.98 Å². The fourth-order valence-corrected chi connectivity index (χ4v) is 1.49. The minimum absolute atomic E-state index is 0.283. The highest BCUT2D eigenvalue weighted by molar-refractivity contribution is 9.08. The summed E-state index contributed by atoms with van der Waals surface area (Å²) in [5.41, 5.74) is -0.765. The van der Waals surface area contributed by atoms with Gasteiger partial charge >= 0.3 is 0 Å². The van der Waals surface area contributed by atoms with Gasteiger partial charge in [0.2, 0.25) is 5.43 Å². The molecule has 0 saturated carbocycles. The molecule has 1 rings (SSSR count). The number of H-pyrrole nitrogens is 1. The van der Waals surface area contributed by atoms with Crippen LogP contribution in [0.2, 0.25) is 5.02 Å². The van der Waals surface area contributed by atoms with Gasteiger partial charge in [-0.1, -0.05) is 27.5 Å². The summed E-state index contributed by atoms with van der Waals surface area (Å²) >= 11 is 8.47. The second-order valence-electron chi connectivity index (χ2n) is 2.31. The number of rotatable bonds is 2. The first-order valence-electron chi connectivity index (χ1n) is 3.32. The van der Waals surface area contributed by atoms with E-state index in [1.165, 1.54) is 6.20 Å². The maximum Gasteiger partial charge on any atom is 0.279 e. The van der Waals surface area contributed by atoms with E-state index in [0.717, 1.165) is 0 Å². The van der Waals surface area contributed by atoms with Crippen LogP contribution in [0.15, 0.2) is 11.0 Å². The molecule has 0 saturated heterocycles. The van der Waals surface area contributed by atoms with Gasteiger partial charge in [0, 0.05) is 17.1 Å². The van der Waals surface area contributed by atoms with Gasteiger partial charge < -0.3 is 4.98 Å². The molecule has 6 heteroatoms. The first kappa shape index (κ1) is 10.7. The highest BCUT2D eigenvalue weighted by Crippen LogP contribution is 2.22. The van der Waals surface area contributed by atoms with Crippen molar-refractivity contribution in [3.8, 4) is 0 Å². The van der Waals surface area contributed by atoms with Crippen molar-refractivity contribution < 1.29 is 8.78 Å². The summed E-state index contributed by atoms with van der Waals surface area (Å²) in [6.45, 7) is 0. The molecule has 0 atom stereocenters. The third-order valence-electron chi connectivity index (χ3n) is 1.49. The van der Waals surface area contributed by atoms with Crippen LogP contribution in [0.1, 0.15) is 17.7 Å². The number of alkyl halides is 3. The molecule has 72 valence electrons. The summed E-state index contributed by atoms with van der Waals surface area (Å²) in [6, 6.07) is 0. The van der Waals surface area contributed by atoms with E-state index < -0.39 is 22.6 Å². The standard InChI is InChI=1S/C7H5BrClF2NO/c8-1-3-2-12-5(7(10)11)4(9)6(3)13/h2,7H,1H2,(H,12,13). The second kappa shape index (κ2) is 4.19. The molecular weight excluding hydrogens is 267 g/mol. The molecule has 1 N–H and O–H groups in total. The first-order valence-corrected chi connectivity index (χ1v) is 4.82. The van der Waals surface area contributed by atoms with Gasteiger partial charge in [-0.15, -0.1) is 0 Å². The number of aromatic amines is 1. The van der Waals surface area contributed by atoms with Crippen molar-refractivity contribution in [1.29, 1.82) is 0 Å². The molecule has 0 aromatic carbocycles. The van der Waals surface area contributed by atoms with Gasteiger partial charge in [0.25, 0.3) is 6.43 Å². The predicted octanol–water partition coefficient (Wildman–Crippen LogP) is 2.86. The number of halogens is 4. The van der Waals surface area contributed by atoms with Crippen LogP contribution in [0.25, 0.3) is 0 Å². The van der Waals surface area contributed by atoms with E-state index in [-0.39, 0.29) is 5.33 Å². The SMILES string of the molecule is O=c1c(CBr)c[nH]c(C(F)F)c1Cl. The molecule has 2 nitrogen and oxygen atoms in total. The summed E-state index contributed by atoms with van der Waals surface area (Å²) in [7, 11) is 0. The largest absolute Gasteiger partial charge is 0.359 e. The van der Waals surface area contributed by atoms with Gasteiger partial charge in [0.05, 0.1) is 0 Å². The molecule has 0 fully saturated rings. The Hall–Kier alpha value is -0.420. The Labute approximate surface area is 86.0 Å². The third kappa shape index (κ3) is 2.08. The lowest BCUT2D eigenvalue weighted by Gasteiger charge is -2.03. The van der Waals surface area contributed by atoms with E-state index in [4.69, 9.17) is 11.6 Å². The number of aromatic nitrogens is 1. The minimum Gasteiger partial charge on any atom is -0.359 e. The molecule has 0 bridgehead atoms. The molecule has 13 heavy (non-hydrogen) atoms. The molecule has 0 spiro atoms. The first-order chi connectivity index (χ1) is 6.07. The van der Waals surface area contributed by atoms with Crippen molar-refractivity contribution >= 4 is 27.5 Å². The maximum atomic E-state index is 12.2. The van der Waals surface area contributed by atoms with Crippen molar-refractivity contribution in [3.05, 3.63) is 32.7 Å². The Bertz CT molecular complexity index is 366. The molecule has 0 radical (unpaired) electrons. The average Bonchev–Trinajstić information content (AvgIpc) is 2.09. The van der Waals surface area contributed by atoms with Crippen molar-refractivity contribution in [3.63, 3.8) is 0 Å². The van der Waals surface area contributed by atoms with E-state index in [1.807, 2.05) is 0 Å². The van der Waals surface area contributed by atoms with Crippen LogP contribution >= 0.6 is 27.5 Å². The summed E-state index contributed by atoms with van der Waals surface area (Å²) < 4.78 is 24.4. The zero-order chi connectivity index (χ0) is 10.0. The lowest BCUT2D eigenvalue weighted by molar-refractivity contribution is 0.146. The zero-order valence-corrected chi connectivity index (χ0v) is 8.62. The highest BCUT2D eigenvalue weighted by atomic mass is 79.9. The summed E-state index contributed by atoms with van der Waals surface area (Å²) in [4.78, 5) is 13.5. The minimum atomic E-state index is -2.76. The van der Waals surface area contributed by atoms with Crippen molar-refractivity contribution in [2.75, 3.05) is 0 Å². The Morgan fingerprint density at radius 2 is 2.23 bits per heavy atom. The van der Waals surface area contributed by atoms with Gasteiger partial charge in [-0.05, 0) is 0 Å². The van der Waals surface area contributed by atoms with E-state index in [9.17, 15) is 13.6 Å². The van der Waals surface area contributed by atoms with Gasteiger partial charge in [-0.2, -0.15) is 0 Å². The number of pyridine rings is 1. The molecule has 1 aromatic rings. The quantitative estimate of drug-likeness (QED) is 0.825. The second-order valence-corrected chi connectivity index (χ2v) is 3.24. The maximum absolute atomic E-state index is 12.2. The average molecular weight is 272 g/mol. The normalized spacial score (nSPS) is 10.8. The van der Waals surface area contributed by atoms with Gasteiger partial charge in [0.1, 0.15) is 10.7 Å². The van der Waals surface area contributed by atoms with Crippen molar-refractivity contribution in [1.82, 2.24) is 4.98 Å². The summed E-state index contributed by atoms with van der Waals surface area (Å²) in [5.74, 6) is 0. The highest BCUT2D eigenvalue weighted by Gasteiger charge is 2.16. The van der Waals surface area contributed by atoms with Crippen molar-refractivity contribution in [2.24, 2.45) is 0 Å². The van der Waals surface area contributed by atoms with Gasteiger partial charge in [0.15, 0.2) is 0 Å². The lowest BCUT2D eigenvalue weighted by Crippen LogP contribution is -2.11. The topological polar surface area (TPSA) is 32.9 Å². The molecule has 0 aliphatic rings. The molecular formula is C7H5BrClF2NO. The summed E-state index contributed by atoms with van der Waals surface area (Å²) in [6.07, 6.45) is -1.53. The lowest BCUT2D eigenvalue weighted by atomic mass is 10.2. The van der Waals surface area contributed by atoms with Gasteiger partial charge in [-0.25, -0.2) is 8.78 Å². The van der Waals surface area contributed by atoms with Crippen LogP contribution in [0.4, 0.5) is 8.78 Å². The zero-order valence-electron chi connectivity index (χ0n) is 6.28. The Kier molecular flexibility index (Phi) is 3.44. The van der Waals surface area contributed by atoms with Crippen LogP contribution in [-0.2, 0) is 5.33 Å². The van der Waals surface area contributed by atoms with Crippen LogP contribution in [0.3, 0.4) is 0 Å². The fraction of sp³-hybridized carbons (Fsp3) is 0.286. The molecule has 0 aliphatic carbocycles. The van der Waals surface area contributed by atoms with Crippen LogP contribution < -0.4 is 5.43 Å². The Morgan fingerprint density at radius 1 is 1.62 bits per heavy atom. The number of nitrogens with one attached hydrogen (secondary N) is 1. The van der Waals surface area contributed by atoms with Crippen LogP contribution in [0, 0.1) is 0 Å². The molecule has 0 aliphatic heterocycles. The van der Waals surface area contributed by atoms with E-state index in [1.54, 1.807) is 0 Å². The molecule has 0 unspecified atom stereocenters. The number of hydrogen-bond acceptors (Lipinski definition) is 1. The molecule has 1 heterocycles. The van der Waals surface area contributed by atoms with E-state index in [2.05, 4.69) is 20.9 Å². The van der Waals surface area contributed by atoms with E-state index in [0.29, 0.717) is 5.56 Å². The number of hydrogen-bond donors (Lipinski definition) is 1. The van der Waals surface area contributed by atoms with Crippen molar-refractivity contribution in [2.45, 2.75) is 11.8 Å².